The molecule has 6 rings (SSSR count). The summed E-state index contributed by atoms with van der Waals surface area (Å²) in [6, 6.07) is -36.2. The topological polar surface area (TPSA) is 19.4 Å². The van der Waals surface area contributed by atoms with Gasteiger partial charge >= 0.3 is 0 Å². The molecule has 0 spiro atoms. The first-order valence-electron chi connectivity index (χ1n) is 59.4. The molecule has 0 saturated heterocycles. The molecule has 0 aliphatic rings. The fourth-order valence-electron chi connectivity index (χ4n) is 4.61. The van der Waals surface area contributed by atoms with Crippen molar-refractivity contribution in [1.82, 2.24) is 29.4 Å². The maximum absolute atomic E-state index is 8.30. The van der Waals surface area contributed by atoms with Crippen LogP contribution < -0.4 is 0 Å². The van der Waals surface area contributed by atoms with Crippen molar-refractivity contribution in [2.24, 2.45) is 0 Å². The van der Waals surface area contributed by atoms with Crippen LogP contribution in [-0.2, 0) is 38.3 Å². The molecule has 84 heavy (non-hydrogen) atoms. The van der Waals surface area contributed by atoms with E-state index in [9.17, 15) is 0 Å². The lowest BCUT2D eigenvalue weighted by Gasteiger charge is -2.22. The number of nitrogens with zero attached hydrogens (tertiary/aromatic N) is 6. The molecular weight excluding hydrogens is 1020 g/mol. The fraction of sp³-hybridized carbons (Fsp3) is 0.385. The highest BCUT2D eigenvalue weighted by Crippen LogP contribution is 2.12. The monoisotopic (exact) mass is 1200 g/mol. The standard InChI is InChI=1S/6C13H17N/c6*1-4-10-14(3)12(2)11-13-8-6-5-7-9-13/h6*1,5-9,12H,10-11H2,2-3H3/t6*12-/m111111/s1/i2D3,3D3,5D,6D,7D,8D,9D,10D2,11D2;2D3,5D,6D,7D,8D,9D,10D2,11D2;2D3,3D3,5D,6D,7D,8D,9D,11D2;2D3,3D3,5D,6D,7D,8D,9D,10D2;2D3,5D,6D,7D,8D,9D,11D2;2D3,5D,6D,7D,8D,9D,10D2. The molecule has 0 aliphatic carbocycles. The van der Waals surface area contributed by atoms with Gasteiger partial charge in [-0.25, -0.2) is 0 Å². The lowest BCUT2D eigenvalue weighted by Crippen LogP contribution is -2.31. The van der Waals surface area contributed by atoms with Crippen molar-refractivity contribution in [3.8, 4) is 74.1 Å². The molecule has 6 nitrogen and oxygen atoms in total. The summed E-state index contributed by atoms with van der Waals surface area (Å²) in [6.45, 7) is -40.6. The van der Waals surface area contributed by atoms with E-state index in [-0.39, 0.29) is 26.8 Å². The zero-order chi connectivity index (χ0) is 125. The van der Waals surface area contributed by atoms with Crippen LogP contribution in [0.25, 0.3) is 0 Å². The third-order valence-electron chi connectivity index (χ3n) is 8.65. The number of hydrogen-bond donors (Lipinski definition) is 0. The first-order chi connectivity index (χ1) is 69.7. The summed E-state index contributed by atoms with van der Waals surface area (Å²) in [5.41, 5.74) is -4.26. The van der Waals surface area contributed by atoms with Crippen molar-refractivity contribution in [3.05, 3.63) is 215 Å². The molecule has 0 bridgehead atoms. The Morgan fingerprint density at radius 2 is 0.536 bits per heavy atom. The van der Waals surface area contributed by atoms with Gasteiger partial charge in [0.1, 0.15) is 0 Å². The van der Waals surface area contributed by atoms with Gasteiger partial charge in [0.2, 0.25) is 0 Å². The quantitative estimate of drug-likeness (QED) is 0.0559. The van der Waals surface area contributed by atoms with Crippen LogP contribution in [0.5, 0.6) is 0 Å². The summed E-state index contributed by atoms with van der Waals surface area (Å²) >= 11 is 0. The number of hydrogen-bond acceptors (Lipinski definition) is 6. The Hall–Kier alpha value is -7.56. The van der Waals surface area contributed by atoms with E-state index < -0.39 is 378 Å². The molecule has 444 valence electrons. The minimum Gasteiger partial charge on any atom is -0.292 e. The van der Waals surface area contributed by atoms with Crippen LogP contribution >= 0.6 is 0 Å². The minimum atomic E-state index is -3.55. The van der Waals surface area contributed by atoms with E-state index in [1.807, 2.05) is 11.8 Å². The van der Waals surface area contributed by atoms with Crippen LogP contribution in [0.1, 0.15) is 175 Å². The Morgan fingerprint density at radius 1 is 0.310 bits per heavy atom. The van der Waals surface area contributed by atoms with Crippen molar-refractivity contribution >= 4 is 0 Å². The third kappa shape index (κ3) is 35.4. The van der Waals surface area contributed by atoms with Crippen LogP contribution in [0.2, 0.25) is 0 Å². The summed E-state index contributed by atoms with van der Waals surface area (Å²) < 4.78 is 565. The highest BCUT2D eigenvalue weighted by Gasteiger charge is 2.12. The second-order valence-corrected chi connectivity index (χ2v) is 14.8. The van der Waals surface area contributed by atoms with E-state index in [0.29, 0.717) is 4.90 Å². The highest BCUT2D eigenvalue weighted by molar-refractivity contribution is 5.20. The molecule has 0 unspecified atom stereocenters. The average Bonchev–Trinajstić information content (AvgIpc) is 0.717. The summed E-state index contributed by atoms with van der Waals surface area (Å²) in [4.78, 5) is 2.30. The molecule has 0 radical (unpaired) electrons. The lowest BCUT2D eigenvalue weighted by atomic mass is 10.1. The van der Waals surface area contributed by atoms with E-state index in [1.54, 1.807) is 11.8 Å². The van der Waals surface area contributed by atoms with Crippen LogP contribution in [0, 0.1) is 74.1 Å². The summed E-state index contributed by atoms with van der Waals surface area (Å²) in [5.74, 6) is 10.8. The third-order valence-corrected chi connectivity index (χ3v) is 8.65. The molecule has 0 aromatic heterocycles. The molecule has 6 atom stereocenters. The predicted octanol–water partition coefficient (Wildman–Crippen LogP) is 13.1. The smallest absolute Gasteiger partial charge is 0.0626 e. The molecule has 0 saturated carbocycles. The molecule has 0 heterocycles. The molecule has 6 heteroatoms. The zero-order valence-corrected chi connectivity index (χ0v) is 44.9. The molecule has 0 N–H and O–H groups in total. The zero-order valence-electron chi connectivity index (χ0n) is 118. The summed E-state index contributed by atoms with van der Waals surface area (Å²) in [5, 5.41) is 0. The number of terminal acetylenes is 6. The Morgan fingerprint density at radius 3 is 0.821 bits per heavy atom. The first kappa shape index (κ1) is 19.5. The molecule has 6 aromatic carbocycles. The second-order valence-electron chi connectivity index (χ2n) is 14.8. The molecule has 6 aromatic rings. The normalized spacial score (nSPS) is 27.7. The first-order valence-corrected chi connectivity index (χ1v) is 22.9. The Bertz CT molecular complexity index is 6220. The van der Waals surface area contributed by atoms with Gasteiger partial charge in [-0.05, 0) is 155 Å². The average molecular weight is 1200 g/mol. The molecule has 0 aliphatic heterocycles. The van der Waals surface area contributed by atoms with Gasteiger partial charge in [0, 0.05) is 84.2 Å². The van der Waals surface area contributed by atoms with Crippen LogP contribution in [-0.4, -0.2) is 147 Å². The molecule has 0 amide bonds. The van der Waals surface area contributed by atoms with Gasteiger partial charge in [0.05, 0.1) is 91.2 Å². The summed E-state index contributed by atoms with van der Waals surface area (Å²) in [6.07, 6.45) is 16.8. The van der Waals surface area contributed by atoms with Crippen molar-refractivity contribution in [2.75, 3.05) is 81.1 Å². The van der Waals surface area contributed by atoms with E-state index in [1.165, 1.54) is 20.0 Å². The van der Waals surface area contributed by atoms with Crippen molar-refractivity contribution in [2.45, 2.75) is 116 Å². The number of likely N-dealkylation sites (N-methyl/N-ethyl adjacent to an activating group) is 6. The van der Waals surface area contributed by atoms with E-state index in [4.69, 9.17) is 139 Å². The van der Waals surface area contributed by atoms with Gasteiger partial charge in [-0.1, -0.05) is 217 Å². The van der Waals surface area contributed by atoms with Gasteiger partial charge in [0.15, 0.2) is 0 Å². The maximum atomic E-state index is 8.30. The second kappa shape index (κ2) is 46.9. The highest BCUT2D eigenvalue weighted by atomic mass is 15.1. The van der Waals surface area contributed by atoms with E-state index in [2.05, 4.69) is 5.92 Å². The SMILES string of the molecule is [2H]c1c([2H])c([2H])c(C([2H])([2H])[C@H](N(C([2H])([2H])[2H])C([2H])([2H])C#C)C([2H])([2H])[2H])c([2H])c1[2H].[2H]c1c([2H])c([2H])c(C([2H])([2H])[C@H](N(C)C([2H])([2H])C#C)C([2H])([2H])[2H])c([2H])c1[2H].[2H]c1c([2H])c([2H])c(C([2H])([2H])[C@H](N(C)CC#C)C([2H])([2H])[2H])c([2H])c1[2H].[2H]c1c([2H])c([2H])c(C([2H])([2H])[C@H](N(CC#C)C([2H])([2H])[2H])C([2H])([2H])[2H])c([2H])c1[2H].[2H]c1c([2H])c([2H])c(C[C@H](N(C([2H])([2H])[2H])C([2H])([2H])C#C)C([2H])([2H])[2H])c([2H])c1[2H].[2H]c1c([2H])c([2H])c(C[C@H](N(C)C([2H])([2H])C#C)C([2H])([2H])[2H])c([2H])c1[2H]. The van der Waals surface area contributed by atoms with Crippen LogP contribution in [0.3, 0.4) is 0 Å². The molecule has 0 fully saturated rings. The van der Waals surface area contributed by atoms with Gasteiger partial charge < -0.3 is 0 Å². The Labute approximate surface area is 616 Å². The van der Waals surface area contributed by atoms with E-state index in [0.717, 1.165) is 16.8 Å². The van der Waals surface area contributed by atoms with Crippen LogP contribution in [0.15, 0.2) is 181 Å². The van der Waals surface area contributed by atoms with Gasteiger partial charge in [0.25, 0.3) is 0 Å². The molecular formula is C78H102N6. The van der Waals surface area contributed by atoms with Gasteiger partial charge in [-0.3, -0.25) is 29.4 Å². The Balaban J connectivity index is 0.000000943. The fourth-order valence-corrected chi connectivity index (χ4v) is 4.61. The van der Waals surface area contributed by atoms with Gasteiger partial charge in [-0.15, -0.1) is 38.5 Å². The van der Waals surface area contributed by atoms with Crippen LogP contribution in [0.4, 0.5) is 0 Å². The minimum absolute atomic E-state index is 0.00766. The van der Waals surface area contributed by atoms with Crippen molar-refractivity contribution in [3.63, 3.8) is 0 Å². The Kier molecular flexibility index (Phi) is 10.9. The van der Waals surface area contributed by atoms with Crippen molar-refractivity contribution < 1.29 is 100 Å². The number of benzene rings is 6. The maximum Gasteiger partial charge on any atom is 0.0626 e. The summed E-state index contributed by atoms with van der Waals surface area (Å²) in [7, 11) is 3.46. The number of rotatable bonds is 24. The van der Waals surface area contributed by atoms with E-state index >= 15 is 0 Å². The predicted molar refractivity (Wildman–Crippen MR) is 366 cm³/mol. The largest absolute Gasteiger partial charge is 0.292 e. The van der Waals surface area contributed by atoms with Crippen molar-refractivity contribution in [1.29, 1.82) is 0 Å². The lowest BCUT2D eigenvalue weighted by molar-refractivity contribution is 0.287. The van der Waals surface area contributed by atoms with Gasteiger partial charge in [-0.2, -0.15) is 0 Å².